The summed E-state index contributed by atoms with van der Waals surface area (Å²) in [5.74, 6) is 0. The Kier molecular flexibility index (Phi) is 17.5. The van der Waals surface area contributed by atoms with Gasteiger partial charge in [0.1, 0.15) is 0 Å². The Hall–Kier alpha value is -2.23. The van der Waals surface area contributed by atoms with Crippen molar-refractivity contribution in [3.8, 4) is 0 Å². The van der Waals surface area contributed by atoms with Gasteiger partial charge in [0.25, 0.3) is 0 Å². The number of carbonyl (C=O) groups excluding carboxylic acids is 1. The first kappa shape index (κ1) is 23.8. The maximum Gasteiger partial charge on any atom is 0.246 e. The molecule has 0 aromatic heterocycles. The number of nitrogens with zero attached hydrogens (tertiary/aromatic N) is 1. The van der Waals surface area contributed by atoms with E-state index < -0.39 is 0 Å². The van der Waals surface area contributed by atoms with E-state index in [0.717, 1.165) is 32.1 Å². The van der Waals surface area contributed by atoms with Crippen LogP contribution < -0.4 is 0 Å². The zero-order valence-corrected chi connectivity index (χ0v) is 15.9. The summed E-state index contributed by atoms with van der Waals surface area (Å²) >= 11 is 0. The Morgan fingerprint density at radius 1 is 0.885 bits per heavy atom. The van der Waals surface area contributed by atoms with Crippen molar-refractivity contribution in [1.82, 2.24) is 0 Å². The first-order valence-electron chi connectivity index (χ1n) is 9.50. The molecule has 0 aromatic rings. The second-order valence-electron chi connectivity index (χ2n) is 5.93. The van der Waals surface area contributed by atoms with Gasteiger partial charge in [-0.05, 0) is 44.6 Å². The molecule has 0 atom stereocenters. The van der Waals surface area contributed by atoms with E-state index in [1.165, 1.54) is 12.8 Å². The van der Waals surface area contributed by atoms with Crippen LogP contribution in [0.3, 0.4) is 0 Å². The van der Waals surface area contributed by atoms with Gasteiger partial charge >= 0.3 is 0 Å². The normalized spacial score (nSPS) is 12.9. The molecule has 4 nitrogen and oxygen atoms in total. The predicted octanol–water partition coefficient (Wildman–Crippen LogP) is 6.40. The number of hydrogen-bond acceptors (Lipinski definition) is 3. The Bertz CT molecular complexity index is 513. The summed E-state index contributed by atoms with van der Waals surface area (Å²) in [7, 11) is 0. The quantitative estimate of drug-likeness (QED) is 0.139. The molecule has 0 aromatic carbocycles. The minimum absolute atomic E-state index is 0.259. The van der Waals surface area contributed by atoms with E-state index in [2.05, 4.69) is 19.1 Å². The smallest absolute Gasteiger partial charge is 0.246 e. The molecular weight excluding hydrogens is 326 g/mol. The van der Waals surface area contributed by atoms with Gasteiger partial charge in [-0.3, -0.25) is 14.9 Å². The Labute approximate surface area is 158 Å². The zero-order chi connectivity index (χ0) is 19.3. The lowest BCUT2D eigenvalue weighted by molar-refractivity contribution is -0.427. The highest BCUT2D eigenvalue weighted by Crippen LogP contribution is 2.07. The molecule has 0 aliphatic rings. The highest BCUT2D eigenvalue weighted by Gasteiger charge is 2.06. The third-order valence-corrected chi connectivity index (χ3v) is 3.65. The van der Waals surface area contributed by atoms with E-state index in [0.29, 0.717) is 19.3 Å². The van der Waals surface area contributed by atoms with Gasteiger partial charge in [0.05, 0.1) is 11.3 Å². The van der Waals surface area contributed by atoms with E-state index in [1.54, 1.807) is 6.08 Å². The van der Waals surface area contributed by atoms with Crippen LogP contribution in [-0.4, -0.2) is 11.2 Å². The molecule has 0 saturated heterocycles. The summed E-state index contributed by atoms with van der Waals surface area (Å²) in [6, 6.07) is 0. The van der Waals surface area contributed by atoms with Crippen LogP contribution in [0.15, 0.2) is 60.4 Å². The van der Waals surface area contributed by atoms with E-state index in [4.69, 9.17) is 0 Å². The molecule has 4 heteroatoms. The van der Waals surface area contributed by atoms with Crippen molar-refractivity contribution in [1.29, 1.82) is 0 Å². The molecule has 0 amide bonds. The summed E-state index contributed by atoms with van der Waals surface area (Å²) in [5, 5.41) is 11.0. The molecule has 0 aliphatic carbocycles. The summed E-state index contributed by atoms with van der Waals surface area (Å²) in [4.78, 5) is 20.8. The molecule has 0 saturated carbocycles. The lowest BCUT2D eigenvalue weighted by Crippen LogP contribution is -1.97. The summed E-state index contributed by atoms with van der Waals surface area (Å²) < 4.78 is 0. The highest BCUT2D eigenvalue weighted by molar-refractivity contribution is 5.50. The van der Waals surface area contributed by atoms with Crippen molar-refractivity contribution >= 4 is 6.29 Å². The van der Waals surface area contributed by atoms with Gasteiger partial charge in [0, 0.05) is 6.42 Å². The maximum atomic E-state index is 11.0. The largest absolute Gasteiger partial charge is 0.291 e. The number of nitro groups is 1. The van der Waals surface area contributed by atoms with Crippen LogP contribution in [0.5, 0.6) is 0 Å². The van der Waals surface area contributed by atoms with Crippen molar-refractivity contribution in [2.24, 2.45) is 0 Å². The monoisotopic (exact) mass is 358 g/mol. The second kappa shape index (κ2) is 19.1. The van der Waals surface area contributed by atoms with Gasteiger partial charge in [-0.15, -0.1) is 0 Å². The van der Waals surface area contributed by atoms with E-state index in [1.807, 2.05) is 42.7 Å². The fourth-order valence-corrected chi connectivity index (χ4v) is 2.17. The van der Waals surface area contributed by atoms with Gasteiger partial charge in [-0.1, -0.05) is 68.4 Å². The van der Waals surface area contributed by atoms with Crippen molar-refractivity contribution in [3.05, 3.63) is 70.5 Å². The fraction of sp³-hybridized carbons (Fsp3) is 0.500. The number of hydrogen-bond donors (Lipinski definition) is 0. The molecule has 0 unspecified atom stereocenters. The minimum Gasteiger partial charge on any atom is -0.291 e. The number of rotatable bonds is 16. The first-order valence-corrected chi connectivity index (χ1v) is 9.50. The zero-order valence-electron chi connectivity index (χ0n) is 15.9. The van der Waals surface area contributed by atoms with Crippen molar-refractivity contribution in [2.45, 2.75) is 71.1 Å². The summed E-state index contributed by atoms with van der Waals surface area (Å²) in [6.07, 6.45) is 27.9. The lowest BCUT2D eigenvalue weighted by Gasteiger charge is -1.94. The molecule has 0 bridgehead atoms. The fourth-order valence-electron chi connectivity index (χ4n) is 2.17. The molecule has 0 spiro atoms. The highest BCUT2D eigenvalue weighted by atomic mass is 16.6. The lowest BCUT2D eigenvalue weighted by atomic mass is 10.2. The SMILES string of the molecule is CCCCC/C=C\C/C(=C\C/C=C\C/C=C\C/C=C\CC[C]=O)[N+](=O)[O-]. The molecule has 26 heavy (non-hydrogen) atoms. The van der Waals surface area contributed by atoms with E-state index >= 15 is 0 Å². The third-order valence-electron chi connectivity index (χ3n) is 3.65. The van der Waals surface area contributed by atoms with Crippen LogP contribution in [0, 0.1) is 10.1 Å². The van der Waals surface area contributed by atoms with Crippen molar-refractivity contribution < 1.29 is 9.72 Å². The standard InChI is InChI=1S/C22H32NO3/c1-2-3-4-5-13-16-19-22(23(25)26)20-17-14-11-9-7-6-8-10-12-15-18-21-24/h6-7,10-14,16,20H,2-5,8-9,15,17-19H2,1H3/b7-6-,12-10-,14-11-,16-13-,22-20+. The summed E-state index contributed by atoms with van der Waals surface area (Å²) in [6.45, 7) is 2.16. The third kappa shape index (κ3) is 16.6. The molecule has 0 heterocycles. The van der Waals surface area contributed by atoms with Gasteiger partial charge in [-0.2, -0.15) is 0 Å². The molecule has 0 N–H and O–H groups in total. The van der Waals surface area contributed by atoms with Gasteiger partial charge < -0.3 is 0 Å². The molecule has 0 rings (SSSR count). The molecule has 0 aliphatic heterocycles. The maximum absolute atomic E-state index is 11.0. The Morgan fingerprint density at radius 2 is 1.50 bits per heavy atom. The molecule has 143 valence electrons. The van der Waals surface area contributed by atoms with E-state index in [9.17, 15) is 14.9 Å². The van der Waals surface area contributed by atoms with Crippen LogP contribution >= 0.6 is 0 Å². The minimum atomic E-state index is -0.293. The number of unbranched alkanes of at least 4 members (excludes halogenated alkanes) is 4. The van der Waals surface area contributed by atoms with Crippen LogP contribution in [0.2, 0.25) is 0 Å². The second-order valence-corrected chi connectivity index (χ2v) is 5.93. The predicted molar refractivity (Wildman–Crippen MR) is 109 cm³/mol. The van der Waals surface area contributed by atoms with E-state index in [-0.39, 0.29) is 10.6 Å². The Balaban J connectivity index is 4.00. The summed E-state index contributed by atoms with van der Waals surface area (Å²) in [5.41, 5.74) is 0.259. The van der Waals surface area contributed by atoms with Crippen LogP contribution in [0.1, 0.15) is 71.1 Å². The molecule has 1 radical (unpaired) electrons. The average Bonchev–Trinajstić information content (AvgIpc) is 2.63. The first-order chi connectivity index (χ1) is 12.7. The number of allylic oxidation sites excluding steroid dienone is 9. The Morgan fingerprint density at radius 3 is 2.12 bits per heavy atom. The van der Waals surface area contributed by atoms with Gasteiger partial charge in [-0.25, -0.2) is 0 Å². The molecule has 0 fully saturated rings. The average molecular weight is 359 g/mol. The van der Waals surface area contributed by atoms with Crippen LogP contribution in [-0.2, 0) is 4.79 Å². The van der Waals surface area contributed by atoms with Crippen LogP contribution in [0.4, 0.5) is 0 Å². The van der Waals surface area contributed by atoms with Gasteiger partial charge in [0.15, 0.2) is 6.29 Å². The van der Waals surface area contributed by atoms with Crippen molar-refractivity contribution in [2.75, 3.05) is 0 Å². The van der Waals surface area contributed by atoms with Crippen LogP contribution in [0.25, 0.3) is 0 Å². The van der Waals surface area contributed by atoms with Crippen molar-refractivity contribution in [3.63, 3.8) is 0 Å². The molecular formula is C22H32NO3. The van der Waals surface area contributed by atoms with Gasteiger partial charge in [0.2, 0.25) is 5.70 Å². The topological polar surface area (TPSA) is 60.2 Å².